The van der Waals surface area contributed by atoms with Gasteiger partial charge >= 0.3 is 0 Å². The molecule has 0 radical (unpaired) electrons. The molecule has 1 heterocycles. The lowest BCUT2D eigenvalue weighted by atomic mass is 10.1. The topological polar surface area (TPSA) is 40.6 Å². The molecular weight excluding hydrogens is 295 g/mol. The van der Waals surface area contributed by atoms with E-state index in [0.29, 0.717) is 5.69 Å². The van der Waals surface area contributed by atoms with Crippen LogP contribution in [0.25, 0.3) is 0 Å². The van der Waals surface area contributed by atoms with Crippen molar-refractivity contribution in [1.82, 2.24) is 0 Å². The van der Waals surface area contributed by atoms with Gasteiger partial charge in [-0.15, -0.1) is 0 Å². The summed E-state index contributed by atoms with van der Waals surface area (Å²) >= 11 is 0. The summed E-state index contributed by atoms with van der Waals surface area (Å²) in [7, 11) is 0. The van der Waals surface area contributed by atoms with Crippen molar-refractivity contribution in [3.05, 3.63) is 59.9 Å². The van der Waals surface area contributed by atoms with Crippen LogP contribution in [0.1, 0.15) is 23.2 Å². The number of nitrogens with zero attached hydrogens (tertiary/aromatic N) is 2. The molecule has 1 aliphatic heterocycles. The molecule has 0 N–H and O–H groups in total. The highest BCUT2D eigenvalue weighted by Crippen LogP contribution is 2.40. The smallest absolute Gasteiger partial charge is 0.261 e. The van der Waals surface area contributed by atoms with Crippen LogP contribution >= 0.6 is 0 Å². The van der Waals surface area contributed by atoms with Crippen LogP contribution in [0.15, 0.2) is 48.5 Å². The molecule has 2 aromatic rings. The zero-order valence-corrected chi connectivity index (χ0v) is 12.4. The Morgan fingerprint density at radius 3 is 2.35 bits per heavy atom. The van der Waals surface area contributed by atoms with Crippen LogP contribution < -0.4 is 9.80 Å². The summed E-state index contributed by atoms with van der Waals surface area (Å²) in [5, 5.41) is 0. The number of para-hydroxylation sites is 2. The van der Waals surface area contributed by atoms with E-state index < -0.39 is 11.7 Å². The summed E-state index contributed by atoms with van der Waals surface area (Å²) in [5.74, 6) is -1.18. The number of amides is 2. The van der Waals surface area contributed by atoms with Crippen molar-refractivity contribution in [2.75, 3.05) is 16.3 Å². The van der Waals surface area contributed by atoms with Crippen LogP contribution in [-0.4, -0.2) is 24.4 Å². The summed E-state index contributed by atoms with van der Waals surface area (Å²) in [4.78, 5) is 28.4. The normalized spacial score (nSPS) is 17.2. The summed E-state index contributed by atoms with van der Waals surface area (Å²) in [6.45, 7) is -0.0549. The first-order valence-electron chi connectivity index (χ1n) is 7.64. The van der Waals surface area contributed by atoms with Crippen molar-refractivity contribution in [2.45, 2.75) is 18.9 Å². The van der Waals surface area contributed by atoms with Crippen molar-refractivity contribution in [3.8, 4) is 0 Å². The highest BCUT2D eigenvalue weighted by atomic mass is 19.1. The molecular formula is C18H15FN2O2. The molecule has 0 saturated heterocycles. The van der Waals surface area contributed by atoms with E-state index in [9.17, 15) is 14.0 Å². The van der Waals surface area contributed by atoms with E-state index in [4.69, 9.17) is 0 Å². The summed E-state index contributed by atoms with van der Waals surface area (Å²) in [5.41, 5.74) is 1.37. The van der Waals surface area contributed by atoms with E-state index in [1.165, 1.54) is 23.1 Å². The van der Waals surface area contributed by atoms with E-state index in [1.807, 2.05) is 18.2 Å². The van der Waals surface area contributed by atoms with Gasteiger partial charge in [0, 0.05) is 6.04 Å². The monoisotopic (exact) mass is 310 g/mol. The van der Waals surface area contributed by atoms with Crippen molar-refractivity contribution in [2.24, 2.45) is 0 Å². The van der Waals surface area contributed by atoms with Gasteiger partial charge in [-0.3, -0.25) is 14.5 Å². The Kier molecular flexibility index (Phi) is 3.15. The number of rotatable bonds is 2. The van der Waals surface area contributed by atoms with Crippen LogP contribution in [0.2, 0.25) is 0 Å². The fourth-order valence-corrected chi connectivity index (χ4v) is 3.02. The summed E-state index contributed by atoms with van der Waals surface area (Å²) in [6.07, 6.45) is 1.97. The first-order chi connectivity index (χ1) is 11.2. The zero-order chi connectivity index (χ0) is 16.0. The second-order valence-electron chi connectivity index (χ2n) is 5.85. The molecule has 0 spiro atoms. The third-order valence-corrected chi connectivity index (χ3v) is 4.26. The maximum Gasteiger partial charge on any atom is 0.261 e. The largest absolute Gasteiger partial charge is 0.306 e. The number of fused-ring (bicyclic) bond motifs is 1. The Bertz CT molecular complexity index is 801. The molecule has 116 valence electrons. The van der Waals surface area contributed by atoms with Crippen molar-refractivity contribution >= 4 is 23.2 Å². The minimum Gasteiger partial charge on any atom is -0.306 e. The SMILES string of the molecule is O=C(c1ccccc1F)N1CC(=O)N(C2CC2)c2ccccc21. The highest BCUT2D eigenvalue weighted by Gasteiger charge is 2.40. The molecule has 4 nitrogen and oxygen atoms in total. The number of anilines is 2. The maximum absolute atomic E-state index is 13.9. The predicted molar refractivity (Wildman–Crippen MR) is 85.0 cm³/mol. The Morgan fingerprint density at radius 1 is 1.00 bits per heavy atom. The van der Waals surface area contributed by atoms with Gasteiger partial charge in [-0.2, -0.15) is 0 Å². The van der Waals surface area contributed by atoms with Crippen molar-refractivity contribution in [3.63, 3.8) is 0 Å². The lowest BCUT2D eigenvalue weighted by Crippen LogP contribution is -2.49. The number of hydrogen-bond donors (Lipinski definition) is 0. The van der Waals surface area contributed by atoms with Gasteiger partial charge in [0.2, 0.25) is 5.91 Å². The third-order valence-electron chi connectivity index (χ3n) is 4.26. The lowest BCUT2D eigenvalue weighted by molar-refractivity contribution is -0.117. The Morgan fingerprint density at radius 2 is 1.65 bits per heavy atom. The second-order valence-corrected chi connectivity index (χ2v) is 5.85. The van der Waals surface area contributed by atoms with Crippen LogP contribution in [0.5, 0.6) is 0 Å². The predicted octanol–water partition coefficient (Wildman–Crippen LogP) is 2.98. The maximum atomic E-state index is 13.9. The molecule has 1 fully saturated rings. The van der Waals surface area contributed by atoms with Crippen LogP contribution in [0, 0.1) is 5.82 Å². The van der Waals surface area contributed by atoms with E-state index in [-0.39, 0.29) is 24.1 Å². The number of benzene rings is 2. The molecule has 5 heteroatoms. The molecule has 4 rings (SSSR count). The van der Waals surface area contributed by atoms with Gasteiger partial charge in [0.25, 0.3) is 5.91 Å². The van der Waals surface area contributed by atoms with Crippen LogP contribution in [0.3, 0.4) is 0 Å². The third kappa shape index (κ3) is 2.29. The highest BCUT2D eigenvalue weighted by molar-refractivity contribution is 6.16. The Hall–Kier alpha value is -2.69. The van der Waals surface area contributed by atoms with Gasteiger partial charge in [-0.05, 0) is 37.1 Å². The summed E-state index contributed by atoms with van der Waals surface area (Å²) in [6, 6.07) is 13.4. The Labute approximate surface area is 133 Å². The number of halogens is 1. The summed E-state index contributed by atoms with van der Waals surface area (Å²) < 4.78 is 13.9. The molecule has 0 bridgehead atoms. The van der Waals surface area contributed by atoms with E-state index in [2.05, 4.69) is 0 Å². The first-order valence-corrected chi connectivity index (χ1v) is 7.64. The molecule has 1 aliphatic carbocycles. The molecule has 2 aromatic carbocycles. The van der Waals surface area contributed by atoms with Gasteiger partial charge in [0.05, 0.1) is 16.9 Å². The zero-order valence-electron chi connectivity index (χ0n) is 12.4. The number of carbonyl (C=O) groups excluding carboxylic acids is 2. The number of hydrogen-bond acceptors (Lipinski definition) is 2. The Balaban J connectivity index is 1.78. The van der Waals surface area contributed by atoms with Gasteiger partial charge in [-0.25, -0.2) is 4.39 Å². The minimum atomic E-state index is -0.577. The van der Waals surface area contributed by atoms with Crippen LogP contribution in [0.4, 0.5) is 15.8 Å². The quantitative estimate of drug-likeness (QED) is 0.855. The fraction of sp³-hybridized carbons (Fsp3) is 0.222. The van der Waals surface area contributed by atoms with E-state index in [0.717, 1.165) is 18.5 Å². The molecule has 0 atom stereocenters. The average molecular weight is 310 g/mol. The van der Waals surface area contributed by atoms with Gasteiger partial charge < -0.3 is 4.90 Å². The van der Waals surface area contributed by atoms with Crippen molar-refractivity contribution < 1.29 is 14.0 Å². The lowest BCUT2D eigenvalue weighted by Gasteiger charge is -2.36. The standard InChI is InChI=1S/C18H15FN2O2/c19-14-6-2-1-5-13(14)18(23)20-11-17(22)21(12-9-10-12)16-8-4-3-7-15(16)20/h1-8,12H,9-11H2. The van der Waals surface area contributed by atoms with Crippen LogP contribution in [-0.2, 0) is 4.79 Å². The first kappa shape index (κ1) is 13.9. The molecule has 0 unspecified atom stereocenters. The van der Waals surface area contributed by atoms with E-state index in [1.54, 1.807) is 17.0 Å². The number of carbonyl (C=O) groups is 2. The van der Waals surface area contributed by atoms with E-state index >= 15 is 0 Å². The molecule has 23 heavy (non-hydrogen) atoms. The van der Waals surface area contributed by atoms with Gasteiger partial charge in [-0.1, -0.05) is 24.3 Å². The molecule has 2 aliphatic rings. The average Bonchev–Trinajstić information content (AvgIpc) is 3.38. The van der Waals surface area contributed by atoms with Crippen molar-refractivity contribution in [1.29, 1.82) is 0 Å². The molecule has 2 amide bonds. The minimum absolute atomic E-state index is 0.0185. The molecule has 1 saturated carbocycles. The molecule has 0 aromatic heterocycles. The second kappa shape index (κ2) is 5.19. The van der Waals surface area contributed by atoms with Gasteiger partial charge in [0.15, 0.2) is 0 Å². The fourth-order valence-electron chi connectivity index (χ4n) is 3.02. The van der Waals surface area contributed by atoms with Gasteiger partial charge in [0.1, 0.15) is 12.4 Å².